The van der Waals surface area contributed by atoms with Gasteiger partial charge in [-0.15, -0.1) is 11.3 Å². The molecule has 21 heavy (non-hydrogen) atoms. The normalized spacial score (nSPS) is 10.9. The van der Waals surface area contributed by atoms with Gasteiger partial charge in [-0.2, -0.15) is 0 Å². The second kappa shape index (κ2) is 5.74. The van der Waals surface area contributed by atoms with Crippen LogP contribution in [0.4, 0.5) is 10.8 Å². The summed E-state index contributed by atoms with van der Waals surface area (Å²) in [6.07, 6.45) is 0. The molecule has 0 aliphatic heterocycles. The Morgan fingerprint density at radius 1 is 1.48 bits per heavy atom. The SMILES string of the molecule is Cc1csc(NC(=O)CSc2nc3ccc(N)cc3[nH]2)n1. The summed E-state index contributed by atoms with van der Waals surface area (Å²) in [6, 6.07) is 5.48. The van der Waals surface area contributed by atoms with Crippen molar-refractivity contribution in [1.82, 2.24) is 15.0 Å². The van der Waals surface area contributed by atoms with Crippen LogP contribution in [-0.2, 0) is 4.79 Å². The second-order valence-electron chi connectivity index (χ2n) is 4.45. The van der Waals surface area contributed by atoms with Gasteiger partial charge in [0.15, 0.2) is 10.3 Å². The van der Waals surface area contributed by atoms with Gasteiger partial charge in [0.1, 0.15) is 0 Å². The van der Waals surface area contributed by atoms with Crippen LogP contribution in [0, 0.1) is 6.92 Å². The van der Waals surface area contributed by atoms with E-state index in [4.69, 9.17) is 5.73 Å². The number of rotatable bonds is 4. The minimum atomic E-state index is -0.102. The highest BCUT2D eigenvalue weighted by Gasteiger charge is 2.09. The van der Waals surface area contributed by atoms with Crippen LogP contribution >= 0.6 is 23.1 Å². The molecule has 0 atom stereocenters. The largest absolute Gasteiger partial charge is 0.399 e. The van der Waals surface area contributed by atoms with Gasteiger partial charge in [-0.25, -0.2) is 9.97 Å². The number of H-pyrrole nitrogens is 1. The molecule has 0 radical (unpaired) electrons. The maximum Gasteiger partial charge on any atom is 0.236 e. The van der Waals surface area contributed by atoms with Crippen molar-refractivity contribution in [3.8, 4) is 0 Å². The molecule has 6 nitrogen and oxygen atoms in total. The van der Waals surface area contributed by atoms with Gasteiger partial charge < -0.3 is 16.0 Å². The van der Waals surface area contributed by atoms with E-state index in [1.807, 2.05) is 24.4 Å². The van der Waals surface area contributed by atoms with Crippen LogP contribution in [0.5, 0.6) is 0 Å². The number of fused-ring (bicyclic) bond motifs is 1. The quantitative estimate of drug-likeness (QED) is 0.507. The van der Waals surface area contributed by atoms with E-state index in [9.17, 15) is 4.79 Å². The maximum absolute atomic E-state index is 11.8. The van der Waals surface area contributed by atoms with Crippen molar-refractivity contribution >= 4 is 50.9 Å². The Balaban J connectivity index is 1.61. The van der Waals surface area contributed by atoms with Gasteiger partial charge in [0.05, 0.1) is 22.5 Å². The number of nitrogens with two attached hydrogens (primary N) is 1. The molecular formula is C13H13N5OS2. The van der Waals surface area contributed by atoms with Crippen molar-refractivity contribution in [2.24, 2.45) is 0 Å². The molecule has 2 aromatic heterocycles. The number of nitrogens with zero attached hydrogens (tertiary/aromatic N) is 2. The van der Waals surface area contributed by atoms with E-state index in [2.05, 4.69) is 20.3 Å². The number of thiazole rings is 1. The lowest BCUT2D eigenvalue weighted by Gasteiger charge is -1.99. The lowest BCUT2D eigenvalue weighted by Crippen LogP contribution is -2.13. The van der Waals surface area contributed by atoms with Gasteiger partial charge in [-0.3, -0.25) is 4.79 Å². The number of amides is 1. The number of carbonyl (C=O) groups excluding carboxylic acids is 1. The number of thioether (sulfide) groups is 1. The smallest absolute Gasteiger partial charge is 0.236 e. The van der Waals surface area contributed by atoms with Gasteiger partial charge in [0.2, 0.25) is 5.91 Å². The minimum Gasteiger partial charge on any atom is -0.399 e. The number of hydrogen-bond donors (Lipinski definition) is 3. The molecule has 1 aromatic carbocycles. The third-order valence-corrected chi connectivity index (χ3v) is 4.44. The highest BCUT2D eigenvalue weighted by molar-refractivity contribution is 7.99. The molecule has 0 spiro atoms. The number of nitrogen functional groups attached to an aromatic ring is 1. The fourth-order valence-electron chi connectivity index (χ4n) is 1.77. The van der Waals surface area contributed by atoms with Crippen molar-refractivity contribution < 1.29 is 4.79 Å². The predicted octanol–water partition coefficient (Wildman–Crippen LogP) is 2.64. The van der Waals surface area contributed by atoms with Crippen molar-refractivity contribution in [2.75, 3.05) is 16.8 Å². The summed E-state index contributed by atoms with van der Waals surface area (Å²) in [7, 11) is 0. The molecular weight excluding hydrogens is 306 g/mol. The Kier molecular flexibility index (Phi) is 3.80. The molecule has 2 heterocycles. The van der Waals surface area contributed by atoms with Gasteiger partial charge in [0.25, 0.3) is 0 Å². The van der Waals surface area contributed by atoms with Crippen LogP contribution in [0.1, 0.15) is 5.69 Å². The van der Waals surface area contributed by atoms with Crippen LogP contribution in [-0.4, -0.2) is 26.6 Å². The Morgan fingerprint density at radius 3 is 3.10 bits per heavy atom. The van der Waals surface area contributed by atoms with Crippen LogP contribution in [0.25, 0.3) is 11.0 Å². The molecule has 0 saturated heterocycles. The third kappa shape index (κ3) is 3.34. The maximum atomic E-state index is 11.8. The standard InChI is InChI=1S/C13H13N5OS2/c1-7-5-20-12(15-7)18-11(19)6-21-13-16-9-3-2-8(14)4-10(9)17-13/h2-5H,6,14H2,1H3,(H,16,17)(H,15,18,19). The molecule has 4 N–H and O–H groups in total. The van der Waals surface area contributed by atoms with E-state index in [-0.39, 0.29) is 11.7 Å². The van der Waals surface area contributed by atoms with E-state index in [0.29, 0.717) is 16.0 Å². The topological polar surface area (TPSA) is 96.7 Å². The highest BCUT2D eigenvalue weighted by Crippen LogP contribution is 2.21. The Labute approximate surface area is 129 Å². The number of nitrogens with one attached hydrogen (secondary N) is 2. The molecule has 1 amide bonds. The summed E-state index contributed by atoms with van der Waals surface area (Å²) in [5.74, 6) is 0.169. The Hall–Kier alpha value is -2.06. The van der Waals surface area contributed by atoms with E-state index in [0.717, 1.165) is 16.7 Å². The van der Waals surface area contributed by atoms with Crippen molar-refractivity contribution in [3.63, 3.8) is 0 Å². The van der Waals surface area contributed by atoms with Crippen molar-refractivity contribution in [2.45, 2.75) is 12.1 Å². The number of imidazole rings is 1. The first-order valence-corrected chi connectivity index (χ1v) is 8.07. The number of hydrogen-bond acceptors (Lipinski definition) is 6. The van der Waals surface area contributed by atoms with E-state index in [1.165, 1.54) is 23.1 Å². The zero-order valence-electron chi connectivity index (χ0n) is 11.2. The molecule has 3 aromatic rings. The first-order chi connectivity index (χ1) is 10.1. The molecule has 0 fully saturated rings. The van der Waals surface area contributed by atoms with Crippen LogP contribution in [0.3, 0.4) is 0 Å². The van der Waals surface area contributed by atoms with Crippen molar-refractivity contribution in [3.05, 3.63) is 29.3 Å². The number of benzene rings is 1. The third-order valence-electron chi connectivity index (χ3n) is 2.69. The lowest BCUT2D eigenvalue weighted by atomic mass is 10.3. The molecule has 0 unspecified atom stereocenters. The van der Waals surface area contributed by atoms with Crippen molar-refractivity contribution in [1.29, 1.82) is 0 Å². The molecule has 0 aliphatic carbocycles. The fraction of sp³-hybridized carbons (Fsp3) is 0.154. The number of aromatic amines is 1. The summed E-state index contributed by atoms with van der Waals surface area (Å²) in [4.78, 5) is 23.6. The molecule has 0 aliphatic rings. The van der Waals surface area contributed by atoms with Crippen LogP contribution < -0.4 is 11.1 Å². The summed E-state index contributed by atoms with van der Waals surface area (Å²) in [5, 5.41) is 5.97. The molecule has 0 bridgehead atoms. The Bertz CT molecular complexity index is 795. The summed E-state index contributed by atoms with van der Waals surface area (Å²) < 4.78 is 0. The summed E-state index contributed by atoms with van der Waals surface area (Å²) >= 11 is 2.76. The number of carbonyl (C=O) groups is 1. The molecule has 108 valence electrons. The zero-order valence-corrected chi connectivity index (χ0v) is 12.8. The van der Waals surface area contributed by atoms with E-state index >= 15 is 0 Å². The first-order valence-electron chi connectivity index (χ1n) is 6.20. The molecule has 3 rings (SSSR count). The summed E-state index contributed by atoms with van der Waals surface area (Å²) in [5.41, 5.74) is 9.00. The molecule has 8 heteroatoms. The Morgan fingerprint density at radius 2 is 2.33 bits per heavy atom. The van der Waals surface area contributed by atoms with Gasteiger partial charge in [-0.1, -0.05) is 11.8 Å². The average Bonchev–Trinajstić information content (AvgIpc) is 3.02. The van der Waals surface area contributed by atoms with E-state index < -0.39 is 0 Å². The van der Waals surface area contributed by atoms with E-state index in [1.54, 1.807) is 6.07 Å². The lowest BCUT2D eigenvalue weighted by molar-refractivity contribution is -0.113. The van der Waals surface area contributed by atoms with Gasteiger partial charge >= 0.3 is 0 Å². The number of aromatic nitrogens is 3. The second-order valence-corrected chi connectivity index (χ2v) is 6.27. The van der Waals surface area contributed by atoms with Gasteiger partial charge in [0, 0.05) is 11.1 Å². The minimum absolute atomic E-state index is 0.102. The average molecular weight is 319 g/mol. The number of aryl methyl sites for hydroxylation is 1. The highest BCUT2D eigenvalue weighted by atomic mass is 32.2. The first kappa shape index (κ1) is 13.9. The predicted molar refractivity (Wildman–Crippen MR) is 86.7 cm³/mol. The number of anilines is 2. The van der Waals surface area contributed by atoms with Crippen LogP contribution in [0.2, 0.25) is 0 Å². The van der Waals surface area contributed by atoms with Gasteiger partial charge in [-0.05, 0) is 25.1 Å². The molecule has 0 saturated carbocycles. The summed E-state index contributed by atoms with van der Waals surface area (Å²) in [6.45, 7) is 1.89. The monoisotopic (exact) mass is 319 g/mol. The fourth-order valence-corrected chi connectivity index (χ4v) is 3.16. The van der Waals surface area contributed by atoms with Crippen LogP contribution in [0.15, 0.2) is 28.7 Å². The zero-order chi connectivity index (χ0) is 14.8.